The van der Waals surface area contributed by atoms with E-state index in [4.69, 9.17) is 18.0 Å². The molecule has 0 spiro atoms. The first kappa shape index (κ1) is 8.54. The molecule has 0 aliphatic carbocycles. The number of aliphatic imine (C=N–C) groups is 1. The Hall–Kier alpha value is -0.560. The maximum Gasteiger partial charge on any atom is 0.187 e. The molecule has 62 valence electrons. The second kappa shape index (κ2) is 3.22. The van der Waals surface area contributed by atoms with E-state index in [0.717, 1.165) is 5.84 Å². The van der Waals surface area contributed by atoms with Gasteiger partial charge in [0.05, 0.1) is 5.49 Å². The van der Waals surface area contributed by atoms with Gasteiger partial charge in [-0.05, 0) is 6.92 Å². The molecule has 0 aromatic heterocycles. The predicted octanol–water partition coefficient (Wildman–Crippen LogP) is -0.729. The maximum atomic E-state index is 5.61. The fourth-order valence-electron chi connectivity index (χ4n) is 0.956. The molecule has 0 aromatic rings. The fraction of sp³-hybridized carbons (Fsp3) is 0.600. The zero-order valence-corrected chi connectivity index (χ0v) is 7.30. The van der Waals surface area contributed by atoms with Crippen molar-refractivity contribution >= 4 is 23.5 Å². The summed E-state index contributed by atoms with van der Waals surface area (Å²) in [7, 11) is 1.76. The summed E-state index contributed by atoms with van der Waals surface area (Å²) in [4.78, 5) is 4.08. The van der Waals surface area contributed by atoms with Crippen LogP contribution in [-0.2, 0) is 0 Å². The third kappa shape index (κ3) is 1.38. The van der Waals surface area contributed by atoms with Crippen LogP contribution in [0.3, 0.4) is 0 Å². The van der Waals surface area contributed by atoms with E-state index in [2.05, 4.69) is 10.4 Å². The Balaban J connectivity index is 2.76. The Bertz CT molecular complexity index is 191. The molecule has 0 bridgehead atoms. The van der Waals surface area contributed by atoms with Crippen LogP contribution in [0.5, 0.6) is 0 Å². The number of amidine groups is 1. The van der Waals surface area contributed by atoms with Gasteiger partial charge < -0.3 is 0 Å². The van der Waals surface area contributed by atoms with Crippen LogP contribution in [0.4, 0.5) is 0 Å². The minimum Gasteiger partial charge on any atom is -0.295 e. The van der Waals surface area contributed by atoms with Gasteiger partial charge >= 0.3 is 0 Å². The number of thiocarbonyl (C=S) groups is 1. The summed E-state index contributed by atoms with van der Waals surface area (Å²) < 4.78 is 0. The summed E-state index contributed by atoms with van der Waals surface area (Å²) in [5.74, 6) is 0.793. The average Bonchev–Trinajstić information content (AvgIpc) is 2.24. The van der Waals surface area contributed by atoms with E-state index in [1.54, 1.807) is 17.2 Å². The molecule has 1 atom stereocenters. The van der Waals surface area contributed by atoms with E-state index in [1.165, 1.54) is 5.49 Å². The van der Waals surface area contributed by atoms with Crippen LogP contribution >= 0.6 is 12.2 Å². The Morgan fingerprint density at radius 1 is 1.82 bits per heavy atom. The van der Waals surface area contributed by atoms with Gasteiger partial charge in [0, 0.05) is 7.05 Å². The molecule has 0 amide bonds. The summed E-state index contributed by atoms with van der Waals surface area (Å²) in [5, 5.41) is 3.32. The van der Waals surface area contributed by atoms with Crippen LogP contribution in [0.2, 0.25) is 0 Å². The van der Waals surface area contributed by atoms with Crippen LogP contribution in [0, 0.1) is 0 Å². The van der Waals surface area contributed by atoms with Crippen molar-refractivity contribution in [1.82, 2.24) is 15.6 Å². The Kier molecular flexibility index (Phi) is 2.50. The molecule has 0 fully saturated rings. The van der Waals surface area contributed by atoms with E-state index < -0.39 is 0 Å². The lowest BCUT2D eigenvalue weighted by Gasteiger charge is -2.26. The zero-order chi connectivity index (χ0) is 8.43. The first-order chi connectivity index (χ1) is 5.20. The van der Waals surface area contributed by atoms with Gasteiger partial charge in [-0.2, -0.15) is 0 Å². The number of nitrogens with two attached hydrogens (primary N) is 1. The van der Waals surface area contributed by atoms with Gasteiger partial charge in [-0.25, -0.2) is 15.4 Å². The fourth-order valence-corrected chi connectivity index (χ4v) is 1.21. The Morgan fingerprint density at radius 3 is 2.82 bits per heavy atom. The molecule has 1 unspecified atom stereocenters. The summed E-state index contributed by atoms with van der Waals surface area (Å²) in [6.07, 6.45) is -0.376. The first-order valence-corrected chi connectivity index (χ1v) is 3.69. The van der Waals surface area contributed by atoms with E-state index in [9.17, 15) is 0 Å². The largest absolute Gasteiger partial charge is 0.295 e. The van der Waals surface area contributed by atoms with E-state index >= 15 is 0 Å². The highest BCUT2D eigenvalue weighted by atomic mass is 32.1. The quantitative estimate of drug-likeness (QED) is 0.539. The second-order valence-corrected chi connectivity index (χ2v) is 2.32. The molecule has 11 heavy (non-hydrogen) atoms. The Morgan fingerprint density at radius 2 is 2.45 bits per heavy atom. The van der Waals surface area contributed by atoms with Crippen molar-refractivity contribution in [2.45, 2.75) is 13.2 Å². The van der Waals surface area contributed by atoms with Crippen molar-refractivity contribution in [3.8, 4) is 0 Å². The van der Waals surface area contributed by atoms with Gasteiger partial charge in [-0.1, -0.05) is 12.2 Å². The van der Waals surface area contributed by atoms with Crippen molar-refractivity contribution in [3.63, 3.8) is 0 Å². The number of hydrogen-bond donors (Lipinski definition) is 2. The lowest BCUT2D eigenvalue weighted by atomic mass is 10.7. The number of rotatable bonds is 2. The number of hydrogen-bond acceptors (Lipinski definition) is 5. The van der Waals surface area contributed by atoms with Gasteiger partial charge in [0.15, 0.2) is 6.29 Å². The van der Waals surface area contributed by atoms with Gasteiger partial charge in [-0.15, -0.1) is 5.12 Å². The van der Waals surface area contributed by atoms with Gasteiger partial charge in [0.1, 0.15) is 5.84 Å². The molecule has 1 heterocycles. The molecule has 6 heteroatoms. The van der Waals surface area contributed by atoms with Crippen LogP contribution < -0.4 is 11.2 Å². The molecule has 0 aromatic carbocycles. The third-order valence-corrected chi connectivity index (χ3v) is 1.66. The highest BCUT2D eigenvalue weighted by Gasteiger charge is 2.26. The molecular weight excluding hydrogens is 162 g/mol. The highest BCUT2D eigenvalue weighted by Crippen LogP contribution is 2.06. The van der Waals surface area contributed by atoms with Crippen molar-refractivity contribution in [3.05, 3.63) is 0 Å². The van der Waals surface area contributed by atoms with E-state index in [1.807, 2.05) is 6.92 Å². The SMILES string of the molecule is CNN1C(N)N=C(C)N1C=S. The van der Waals surface area contributed by atoms with Gasteiger partial charge in [0.2, 0.25) is 0 Å². The van der Waals surface area contributed by atoms with Crippen molar-refractivity contribution in [2.24, 2.45) is 10.7 Å². The van der Waals surface area contributed by atoms with Crippen LogP contribution in [0.1, 0.15) is 6.92 Å². The minimum atomic E-state index is -0.376. The molecule has 5 nitrogen and oxygen atoms in total. The predicted molar refractivity (Wildman–Crippen MR) is 47.5 cm³/mol. The summed E-state index contributed by atoms with van der Waals surface area (Å²) in [5.41, 5.74) is 9.97. The number of nitrogens with one attached hydrogen (secondary N) is 1. The summed E-state index contributed by atoms with van der Waals surface area (Å²) >= 11 is 4.77. The summed E-state index contributed by atoms with van der Waals surface area (Å²) in [6.45, 7) is 1.85. The molecule has 0 saturated heterocycles. The number of nitrogens with zero attached hydrogens (tertiary/aromatic N) is 3. The van der Waals surface area contributed by atoms with Crippen molar-refractivity contribution < 1.29 is 0 Å². The molecular formula is C5H11N5S. The van der Waals surface area contributed by atoms with Crippen molar-refractivity contribution in [1.29, 1.82) is 0 Å². The second-order valence-electron chi connectivity index (χ2n) is 2.11. The summed E-state index contributed by atoms with van der Waals surface area (Å²) in [6, 6.07) is 0. The molecule has 1 aliphatic rings. The monoisotopic (exact) mass is 173 g/mol. The van der Waals surface area contributed by atoms with Crippen LogP contribution in [0.25, 0.3) is 0 Å². The van der Waals surface area contributed by atoms with Crippen LogP contribution in [-0.4, -0.2) is 34.8 Å². The van der Waals surface area contributed by atoms with E-state index in [0.29, 0.717) is 0 Å². The highest BCUT2D eigenvalue weighted by molar-refractivity contribution is 7.78. The first-order valence-electron chi connectivity index (χ1n) is 3.21. The molecule has 1 rings (SSSR count). The smallest absolute Gasteiger partial charge is 0.187 e. The zero-order valence-electron chi connectivity index (χ0n) is 6.48. The molecule has 0 saturated carbocycles. The minimum absolute atomic E-state index is 0.376. The normalized spacial score (nSPS) is 25.5. The molecule has 1 aliphatic heterocycles. The maximum absolute atomic E-state index is 5.61. The Labute approximate surface area is 70.8 Å². The standard InChI is InChI=1S/C5H11N5S/c1-4-8-5(6)10(7-2)9(4)3-11/h3,5,7H,6H2,1-2H3. The van der Waals surface area contributed by atoms with Gasteiger partial charge in [-0.3, -0.25) is 5.73 Å². The van der Waals surface area contributed by atoms with Crippen LogP contribution in [0.15, 0.2) is 4.99 Å². The topological polar surface area (TPSA) is 56.9 Å². The average molecular weight is 173 g/mol. The molecule has 3 N–H and O–H groups in total. The third-order valence-electron chi connectivity index (χ3n) is 1.46. The van der Waals surface area contributed by atoms with E-state index in [-0.39, 0.29) is 6.29 Å². The van der Waals surface area contributed by atoms with Gasteiger partial charge in [0.25, 0.3) is 0 Å². The lowest BCUT2D eigenvalue weighted by molar-refractivity contribution is 0.0401. The lowest BCUT2D eigenvalue weighted by Crippen LogP contribution is -2.53. The molecule has 0 radical (unpaired) electrons. The number of hydrazine groups is 2. The van der Waals surface area contributed by atoms with Crippen molar-refractivity contribution in [2.75, 3.05) is 7.05 Å².